The van der Waals surface area contributed by atoms with Gasteiger partial charge in [-0.2, -0.15) is 0 Å². The molecule has 25 heavy (non-hydrogen) atoms. The number of halogens is 1. The summed E-state index contributed by atoms with van der Waals surface area (Å²) in [6, 6.07) is 15.1. The van der Waals surface area contributed by atoms with Crippen LogP contribution in [0.4, 0.5) is 5.69 Å². The minimum absolute atomic E-state index is 0.0710. The van der Waals surface area contributed by atoms with Crippen molar-refractivity contribution in [3.8, 4) is 0 Å². The summed E-state index contributed by atoms with van der Waals surface area (Å²) in [5.74, 6) is -0.150. The number of carbonyl (C=O) groups is 1. The quantitative estimate of drug-likeness (QED) is 0.861. The van der Waals surface area contributed by atoms with Gasteiger partial charge in [-0.05, 0) is 36.4 Å². The number of hydrogen-bond acceptors (Lipinski definition) is 4. The summed E-state index contributed by atoms with van der Waals surface area (Å²) in [5, 5.41) is 0.464. The summed E-state index contributed by atoms with van der Waals surface area (Å²) < 4.78 is 32.6. The SMILES string of the molecule is O=C1COC(CNS(=O)(=O)c2ccc(Cl)cc2)CN1c1ccccc1. The number of para-hydroxylation sites is 1. The molecule has 2 aromatic rings. The lowest BCUT2D eigenvalue weighted by Crippen LogP contribution is -2.50. The zero-order valence-corrected chi connectivity index (χ0v) is 14.8. The number of rotatable bonds is 5. The second kappa shape index (κ2) is 7.53. The lowest BCUT2D eigenvalue weighted by atomic mass is 10.2. The summed E-state index contributed by atoms with van der Waals surface area (Å²) in [5.41, 5.74) is 0.765. The highest BCUT2D eigenvalue weighted by atomic mass is 35.5. The van der Waals surface area contributed by atoms with Crippen LogP contribution in [0.2, 0.25) is 5.02 Å². The molecule has 0 aliphatic carbocycles. The van der Waals surface area contributed by atoms with Crippen molar-refractivity contribution in [3.05, 3.63) is 59.6 Å². The summed E-state index contributed by atoms with van der Waals surface area (Å²) in [6.45, 7) is 0.274. The molecule has 132 valence electrons. The van der Waals surface area contributed by atoms with Gasteiger partial charge in [-0.1, -0.05) is 29.8 Å². The van der Waals surface area contributed by atoms with E-state index in [4.69, 9.17) is 16.3 Å². The maximum atomic E-state index is 12.3. The molecule has 0 radical (unpaired) electrons. The molecule has 1 saturated heterocycles. The van der Waals surface area contributed by atoms with Crippen LogP contribution in [0, 0.1) is 0 Å². The van der Waals surface area contributed by atoms with Crippen molar-refractivity contribution in [1.82, 2.24) is 4.72 Å². The average Bonchev–Trinajstić information content (AvgIpc) is 2.62. The number of nitrogens with one attached hydrogen (secondary N) is 1. The van der Waals surface area contributed by atoms with E-state index in [0.717, 1.165) is 5.69 Å². The van der Waals surface area contributed by atoms with Crippen LogP contribution in [0.3, 0.4) is 0 Å². The molecule has 1 heterocycles. The molecule has 1 fully saturated rings. The van der Waals surface area contributed by atoms with E-state index in [1.165, 1.54) is 24.3 Å². The number of sulfonamides is 1. The average molecular weight is 381 g/mol. The Morgan fingerprint density at radius 3 is 2.48 bits per heavy atom. The van der Waals surface area contributed by atoms with E-state index in [0.29, 0.717) is 5.02 Å². The molecule has 8 heteroatoms. The van der Waals surface area contributed by atoms with Gasteiger partial charge in [0.05, 0.1) is 17.5 Å². The zero-order valence-electron chi connectivity index (χ0n) is 13.3. The standard InChI is InChI=1S/C17H17ClN2O4S/c18-13-6-8-16(9-7-13)25(22,23)19-10-15-11-20(17(21)12-24-15)14-4-2-1-3-5-14/h1-9,15,19H,10-12H2. The fourth-order valence-corrected chi connectivity index (χ4v) is 3.70. The molecule has 1 amide bonds. The molecule has 1 aliphatic heterocycles. The number of amides is 1. The van der Waals surface area contributed by atoms with Crippen LogP contribution < -0.4 is 9.62 Å². The molecule has 0 saturated carbocycles. The van der Waals surface area contributed by atoms with E-state index >= 15 is 0 Å². The van der Waals surface area contributed by atoms with Crippen molar-refractivity contribution in [1.29, 1.82) is 0 Å². The summed E-state index contributed by atoms with van der Waals surface area (Å²) in [4.78, 5) is 13.8. The van der Waals surface area contributed by atoms with Crippen LogP contribution in [0.1, 0.15) is 0 Å². The Kier molecular flexibility index (Phi) is 5.39. The van der Waals surface area contributed by atoms with E-state index < -0.39 is 16.1 Å². The van der Waals surface area contributed by atoms with Crippen molar-refractivity contribution < 1.29 is 17.9 Å². The van der Waals surface area contributed by atoms with Gasteiger partial charge in [-0.3, -0.25) is 4.79 Å². The number of nitrogens with zero attached hydrogens (tertiary/aromatic N) is 1. The molecule has 1 N–H and O–H groups in total. The number of carbonyl (C=O) groups excluding carboxylic acids is 1. The van der Waals surface area contributed by atoms with Gasteiger partial charge in [0, 0.05) is 17.3 Å². The molecular formula is C17H17ClN2O4S. The van der Waals surface area contributed by atoms with Crippen LogP contribution in [0.5, 0.6) is 0 Å². The van der Waals surface area contributed by atoms with Gasteiger partial charge in [-0.25, -0.2) is 13.1 Å². The summed E-state index contributed by atoms with van der Waals surface area (Å²) in [7, 11) is -3.66. The lowest BCUT2D eigenvalue weighted by molar-refractivity contribution is -0.129. The number of benzene rings is 2. The van der Waals surface area contributed by atoms with Gasteiger partial charge in [0.1, 0.15) is 6.61 Å². The van der Waals surface area contributed by atoms with Crippen LogP contribution in [-0.2, 0) is 19.6 Å². The van der Waals surface area contributed by atoms with E-state index in [1.807, 2.05) is 30.3 Å². The number of ether oxygens (including phenoxy) is 1. The maximum absolute atomic E-state index is 12.3. The van der Waals surface area contributed by atoms with Crippen LogP contribution in [-0.4, -0.2) is 40.1 Å². The van der Waals surface area contributed by atoms with E-state index in [2.05, 4.69) is 4.72 Å². The van der Waals surface area contributed by atoms with Gasteiger partial charge < -0.3 is 9.64 Å². The van der Waals surface area contributed by atoms with Crippen molar-refractivity contribution in [2.24, 2.45) is 0 Å². The molecule has 1 unspecified atom stereocenters. The van der Waals surface area contributed by atoms with Crippen LogP contribution in [0.15, 0.2) is 59.5 Å². The van der Waals surface area contributed by atoms with Crippen molar-refractivity contribution in [3.63, 3.8) is 0 Å². The van der Waals surface area contributed by atoms with Crippen LogP contribution >= 0.6 is 11.6 Å². The monoisotopic (exact) mass is 380 g/mol. The summed E-state index contributed by atoms with van der Waals surface area (Å²) in [6.07, 6.45) is -0.431. The third-order valence-electron chi connectivity index (χ3n) is 3.82. The van der Waals surface area contributed by atoms with Gasteiger partial charge in [-0.15, -0.1) is 0 Å². The van der Waals surface area contributed by atoms with E-state index in [-0.39, 0.29) is 30.5 Å². The molecule has 0 bridgehead atoms. The fraction of sp³-hybridized carbons (Fsp3) is 0.235. The molecule has 0 spiro atoms. The molecule has 2 aromatic carbocycles. The first-order valence-corrected chi connectivity index (χ1v) is 9.54. The van der Waals surface area contributed by atoms with E-state index in [9.17, 15) is 13.2 Å². The zero-order chi connectivity index (χ0) is 17.9. The second-order valence-electron chi connectivity index (χ2n) is 5.58. The molecule has 1 atom stereocenters. The molecule has 1 aliphatic rings. The highest BCUT2D eigenvalue weighted by molar-refractivity contribution is 7.89. The molecule has 0 aromatic heterocycles. The Balaban J connectivity index is 1.65. The Morgan fingerprint density at radius 2 is 1.80 bits per heavy atom. The highest BCUT2D eigenvalue weighted by Gasteiger charge is 2.28. The first-order valence-electron chi connectivity index (χ1n) is 7.68. The molecule has 6 nitrogen and oxygen atoms in total. The van der Waals surface area contributed by atoms with E-state index in [1.54, 1.807) is 4.90 Å². The third-order valence-corrected chi connectivity index (χ3v) is 5.51. The summed E-state index contributed by atoms with van der Waals surface area (Å²) >= 11 is 5.78. The first-order chi connectivity index (χ1) is 12.0. The topological polar surface area (TPSA) is 75.7 Å². The predicted octanol–water partition coefficient (Wildman–Crippen LogP) is 2.05. The normalized spacial score (nSPS) is 18.4. The number of anilines is 1. The second-order valence-corrected chi connectivity index (χ2v) is 7.78. The van der Waals surface area contributed by atoms with Gasteiger partial charge in [0.2, 0.25) is 10.0 Å². The van der Waals surface area contributed by atoms with Crippen molar-refractivity contribution in [2.75, 3.05) is 24.6 Å². The Hall–Kier alpha value is -1.93. The van der Waals surface area contributed by atoms with Crippen molar-refractivity contribution >= 4 is 33.2 Å². The fourth-order valence-electron chi connectivity index (χ4n) is 2.51. The van der Waals surface area contributed by atoms with Crippen molar-refractivity contribution in [2.45, 2.75) is 11.0 Å². The Bertz CT molecular complexity index is 841. The maximum Gasteiger partial charge on any atom is 0.253 e. The number of morpholine rings is 1. The smallest absolute Gasteiger partial charge is 0.253 e. The predicted molar refractivity (Wildman–Crippen MR) is 95.2 cm³/mol. The Labute approximate surface area is 151 Å². The van der Waals surface area contributed by atoms with Gasteiger partial charge in [0.25, 0.3) is 5.91 Å². The van der Waals surface area contributed by atoms with Gasteiger partial charge >= 0.3 is 0 Å². The third kappa shape index (κ3) is 4.38. The van der Waals surface area contributed by atoms with Gasteiger partial charge in [0.15, 0.2) is 0 Å². The lowest BCUT2D eigenvalue weighted by Gasteiger charge is -2.32. The number of hydrogen-bond donors (Lipinski definition) is 1. The first kappa shape index (κ1) is 17.9. The van der Waals surface area contributed by atoms with Crippen LogP contribution in [0.25, 0.3) is 0 Å². The minimum atomic E-state index is -3.66. The highest BCUT2D eigenvalue weighted by Crippen LogP contribution is 2.18. The largest absolute Gasteiger partial charge is 0.365 e. The minimum Gasteiger partial charge on any atom is -0.365 e. The Morgan fingerprint density at radius 1 is 1.12 bits per heavy atom. The molecular weight excluding hydrogens is 364 g/mol. The molecule has 3 rings (SSSR count).